The molecule has 1 aliphatic carbocycles. The minimum Gasteiger partial charge on any atom is -0.394 e. The molecule has 2 aliphatic rings. The van der Waals surface area contributed by atoms with Crippen LogP contribution in [0.4, 0.5) is 0 Å². The quantitative estimate of drug-likeness (QED) is 0.254. The standard InChI is InChI=1S/C19H34O9/c1-10-6-12(22)7-18(2,3)19(10,26)5-4-11(21)9-27-17-16(25)15(24)14(23)13(8-20)28-17/h4-5,10-17,20-26H,6-9H2,1-3H3/b5-4+/t10-,11+,12+,13-,14-,15+,16-,17-,19+/m1/s1. The molecule has 1 saturated heterocycles. The average Bonchev–Trinajstić information content (AvgIpc) is 2.61. The molecule has 0 amide bonds. The summed E-state index contributed by atoms with van der Waals surface area (Å²) in [6.07, 6.45) is -4.85. The van der Waals surface area contributed by atoms with Crippen molar-refractivity contribution in [3.8, 4) is 0 Å². The lowest BCUT2D eigenvalue weighted by Gasteiger charge is -2.50. The van der Waals surface area contributed by atoms with Crippen molar-refractivity contribution in [3.63, 3.8) is 0 Å². The maximum absolute atomic E-state index is 11.1. The molecule has 9 atom stereocenters. The zero-order valence-corrected chi connectivity index (χ0v) is 16.5. The second-order valence-corrected chi connectivity index (χ2v) is 8.66. The summed E-state index contributed by atoms with van der Waals surface area (Å²) in [6.45, 7) is 4.68. The third kappa shape index (κ3) is 4.75. The smallest absolute Gasteiger partial charge is 0.186 e. The summed E-state index contributed by atoms with van der Waals surface area (Å²) in [5.41, 5.74) is -1.82. The van der Waals surface area contributed by atoms with Crippen molar-refractivity contribution < 1.29 is 45.2 Å². The van der Waals surface area contributed by atoms with E-state index in [1.165, 1.54) is 12.2 Å². The summed E-state index contributed by atoms with van der Waals surface area (Å²) in [5, 5.41) is 69.9. The van der Waals surface area contributed by atoms with Gasteiger partial charge in [0.25, 0.3) is 0 Å². The molecule has 1 heterocycles. The van der Waals surface area contributed by atoms with E-state index in [4.69, 9.17) is 9.47 Å². The second-order valence-electron chi connectivity index (χ2n) is 8.66. The Morgan fingerprint density at radius 3 is 2.36 bits per heavy atom. The number of hydrogen-bond donors (Lipinski definition) is 7. The molecule has 0 bridgehead atoms. The molecular weight excluding hydrogens is 372 g/mol. The maximum Gasteiger partial charge on any atom is 0.186 e. The first kappa shape index (κ1) is 23.7. The van der Waals surface area contributed by atoms with Crippen LogP contribution in [0.5, 0.6) is 0 Å². The van der Waals surface area contributed by atoms with E-state index in [1.807, 2.05) is 20.8 Å². The van der Waals surface area contributed by atoms with Gasteiger partial charge < -0.3 is 45.2 Å². The number of rotatable bonds is 6. The van der Waals surface area contributed by atoms with Gasteiger partial charge in [-0.3, -0.25) is 0 Å². The Bertz CT molecular complexity index is 537. The van der Waals surface area contributed by atoms with Gasteiger partial charge in [-0.25, -0.2) is 0 Å². The van der Waals surface area contributed by atoms with E-state index in [0.29, 0.717) is 12.8 Å². The van der Waals surface area contributed by atoms with E-state index in [9.17, 15) is 35.7 Å². The van der Waals surface area contributed by atoms with Gasteiger partial charge in [0.15, 0.2) is 6.29 Å². The Labute approximate surface area is 164 Å². The van der Waals surface area contributed by atoms with E-state index < -0.39 is 60.5 Å². The molecule has 0 radical (unpaired) electrons. The van der Waals surface area contributed by atoms with Crippen molar-refractivity contribution in [2.45, 2.75) is 82.1 Å². The predicted molar refractivity (Wildman–Crippen MR) is 98.0 cm³/mol. The van der Waals surface area contributed by atoms with Crippen LogP contribution in [0.25, 0.3) is 0 Å². The third-order valence-corrected chi connectivity index (χ3v) is 6.06. The van der Waals surface area contributed by atoms with Gasteiger partial charge in [-0.15, -0.1) is 0 Å². The summed E-state index contributed by atoms with van der Waals surface area (Å²) in [5.74, 6) is -0.221. The fourth-order valence-electron chi connectivity index (χ4n) is 4.19. The van der Waals surface area contributed by atoms with Crippen LogP contribution in [-0.2, 0) is 9.47 Å². The topological polar surface area (TPSA) is 160 Å². The average molecular weight is 406 g/mol. The Morgan fingerprint density at radius 1 is 1.14 bits per heavy atom. The maximum atomic E-state index is 11.1. The Morgan fingerprint density at radius 2 is 1.79 bits per heavy atom. The highest BCUT2D eigenvalue weighted by Crippen LogP contribution is 2.48. The molecule has 2 rings (SSSR count). The van der Waals surface area contributed by atoms with Gasteiger partial charge in [0, 0.05) is 0 Å². The summed E-state index contributed by atoms with van der Waals surface area (Å²) in [7, 11) is 0. The highest BCUT2D eigenvalue weighted by Gasteiger charge is 2.50. The predicted octanol–water partition coefficient (Wildman–Crippen LogP) is -1.73. The minimum atomic E-state index is -1.56. The second kappa shape index (κ2) is 9.03. The van der Waals surface area contributed by atoms with Crippen LogP contribution in [-0.4, -0.2) is 97.5 Å². The molecule has 0 spiro atoms. The molecule has 0 aromatic carbocycles. The number of aliphatic hydroxyl groups is 7. The summed E-state index contributed by atoms with van der Waals surface area (Å²) in [4.78, 5) is 0. The van der Waals surface area contributed by atoms with E-state index in [1.54, 1.807) is 0 Å². The summed E-state index contributed by atoms with van der Waals surface area (Å²) in [6, 6.07) is 0. The first-order valence-corrected chi connectivity index (χ1v) is 9.63. The van der Waals surface area contributed by atoms with Gasteiger partial charge >= 0.3 is 0 Å². The van der Waals surface area contributed by atoms with Gasteiger partial charge in [-0.05, 0) is 24.2 Å². The molecule has 9 heteroatoms. The molecule has 2 fully saturated rings. The zero-order valence-electron chi connectivity index (χ0n) is 16.5. The molecule has 1 saturated carbocycles. The monoisotopic (exact) mass is 406 g/mol. The van der Waals surface area contributed by atoms with E-state index >= 15 is 0 Å². The number of hydrogen-bond acceptors (Lipinski definition) is 9. The van der Waals surface area contributed by atoms with Crippen molar-refractivity contribution in [3.05, 3.63) is 12.2 Å². The molecule has 0 aromatic heterocycles. The first-order valence-electron chi connectivity index (χ1n) is 9.63. The van der Waals surface area contributed by atoms with Crippen LogP contribution < -0.4 is 0 Å². The van der Waals surface area contributed by atoms with Crippen molar-refractivity contribution >= 4 is 0 Å². The van der Waals surface area contributed by atoms with E-state index in [-0.39, 0.29) is 12.5 Å². The highest BCUT2D eigenvalue weighted by molar-refractivity contribution is 5.15. The molecule has 1 aliphatic heterocycles. The fraction of sp³-hybridized carbons (Fsp3) is 0.895. The van der Waals surface area contributed by atoms with Crippen LogP contribution in [0, 0.1) is 11.3 Å². The van der Waals surface area contributed by atoms with Crippen molar-refractivity contribution in [1.29, 1.82) is 0 Å². The van der Waals surface area contributed by atoms with Gasteiger partial charge in [0.2, 0.25) is 0 Å². The first-order chi connectivity index (χ1) is 12.9. The Kier molecular flexibility index (Phi) is 7.63. The summed E-state index contributed by atoms with van der Waals surface area (Å²) < 4.78 is 10.5. The largest absolute Gasteiger partial charge is 0.394 e. The van der Waals surface area contributed by atoms with Gasteiger partial charge in [-0.1, -0.05) is 32.9 Å². The Balaban J connectivity index is 1.97. The number of aliphatic hydroxyl groups excluding tert-OH is 6. The van der Waals surface area contributed by atoms with Crippen molar-refractivity contribution in [2.24, 2.45) is 11.3 Å². The van der Waals surface area contributed by atoms with Gasteiger partial charge in [-0.2, -0.15) is 0 Å². The third-order valence-electron chi connectivity index (χ3n) is 6.06. The van der Waals surface area contributed by atoms with Crippen LogP contribution in [0.1, 0.15) is 33.6 Å². The van der Waals surface area contributed by atoms with E-state index in [0.717, 1.165) is 0 Å². The molecule has 164 valence electrons. The lowest BCUT2D eigenvalue weighted by molar-refractivity contribution is -0.303. The summed E-state index contributed by atoms with van der Waals surface area (Å²) >= 11 is 0. The lowest BCUT2D eigenvalue weighted by Crippen LogP contribution is -2.59. The number of ether oxygens (including phenoxy) is 2. The SMILES string of the molecule is C[C@@H]1C[C@H](O)CC(C)(C)[C@]1(O)/C=C/[C@H](O)CO[C@@H]1O[C@H](CO)[C@@H](O)[C@H](O)[C@H]1O. The van der Waals surface area contributed by atoms with Crippen LogP contribution in [0.3, 0.4) is 0 Å². The Hall–Kier alpha value is -0.620. The normalized spacial score (nSPS) is 45.3. The molecule has 7 N–H and O–H groups in total. The van der Waals surface area contributed by atoms with Crippen molar-refractivity contribution in [2.75, 3.05) is 13.2 Å². The molecule has 0 aromatic rings. The fourth-order valence-corrected chi connectivity index (χ4v) is 4.19. The minimum absolute atomic E-state index is 0.221. The van der Waals surface area contributed by atoms with Gasteiger partial charge in [0.1, 0.15) is 24.4 Å². The molecular formula is C19H34O9. The molecule has 9 nitrogen and oxygen atoms in total. The lowest BCUT2D eigenvalue weighted by atomic mass is 9.60. The zero-order chi connectivity index (χ0) is 21.3. The van der Waals surface area contributed by atoms with E-state index in [2.05, 4.69) is 0 Å². The van der Waals surface area contributed by atoms with Crippen LogP contribution >= 0.6 is 0 Å². The highest BCUT2D eigenvalue weighted by atomic mass is 16.7. The van der Waals surface area contributed by atoms with Gasteiger partial charge in [0.05, 0.1) is 31.0 Å². The molecule has 28 heavy (non-hydrogen) atoms. The molecule has 0 unspecified atom stereocenters. The van der Waals surface area contributed by atoms with Crippen molar-refractivity contribution in [1.82, 2.24) is 0 Å². The van der Waals surface area contributed by atoms with Crippen LogP contribution in [0.15, 0.2) is 12.2 Å². The van der Waals surface area contributed by atoms with Crippen LogP contribution in [0.2, 0.25) is 0 Å².